The molecule has 2 aromatic rings. The molecular weight excluding hydrogens is 428 g/mol. The predicted molar refractivity (Wildman–Crippen MR) is 123 cm³/mol. The van der Waals surface area contributed by atoms with Crippen LogP contribution in [-0.2, 0) is 27.0 Å². The fraction of sp³-hybridized carbons (Fsp3) is 0.381. The number of sulfonamides is 1. The lowest BCUT2D eigenvalue weighted by atomic mass is 10.1. The van der Waals surface area contributed by atoms with Crippen molar-refractivity contribution in [3.8, 4) is 0 Å². The summed E-state index contributed by atoms with van der Waals surface area (Å²) in [7, 11) is -3.55. The van der Waals surface area contributed by atoms with Crippen LogP contribution in [0.3, 0.4) is 0 Å². The first-order chi connectivity index (χ1) is 13.8. The molecule has 0 aliphatic carbocycles. The van der Waals surface area contributed by atoms with Crippen molar-refractivity contribution in [2.24, 2.45) is 0 Å². The molecule has 2 rings (SSSR count). The Labute approximate surface area is 182 Å². The van der Waals surface area contributed by atoms with E-state index in [2.05, 4.69) is 5.32 Å². The van der Waals surface area contributed by atoms with E-state index in [9.17, 15) is 13.2 Å². The number of carbonyl (C=O) groups excluding carboxylic acids is 1. The van der Waals surface area contributed by atoms with Gasteiger partial charge in [0.25, 0.3) is 0 Å². The maximum absolute atomic E-state index is 12.2. The van der Waals surface area contributed by atoms with Gasteiger partial charge in [-0.05, 0) is 54.0 Å². The Bertz CT molecular complexity index is 885. The minimum absolute atomic E-state index is 0.220. The van der Waals surface area contributed by atoms with Crippen molar-refractivity contribution in [2.75, 3.05) is 29.4 Å². The van der Waals surface area contributed by atoms with E-state index in [4.69, 9.17) is 11.6 Å². The second-order valence-electron chi connectivity index (χ2n) is 6.67. The molecule has 0 saturated carbocycles. The predicted octanol–water partition coefficient (Wildman–Crippen LogP) is 4.11. The van der Waals surface area contributed by atoms with E-state index in [1.807, 2.05) is 43.3 Å². The minimum atomic E-state index is -3.55. The number of benzene rings is 2. The number of halogens is 1. The number of anilines is 1. The highest BCUT2D eigenvalue weighted by Crippen LogP contribution is 2.18. The van der Waals surface area contributed by atoms with Gasteiger partial charge in [0.05, 0.1) is 11.9 Å². The van der Waals surface area contributed by atoms with Gasteiger partial charge in [0.15, 0.2) is 0 Å². The zero-order valence-corrected chi connectivity index (χ0v) is 19.1. The lowest BCUT2D eigenvalue weighted by Gasteiger charge is -2.22. The van der Waals surface area contributed by atoms with Crippen LogP contribution < -0.4 is 9.62 Å². The molecule has 1 N–H and O–H groups in total. The molecule has 2 aromatic carbocycles. The summed E-state index contributed by atoms with van der Waals surface area (Å²) in [6.07, 6.45) is 2.80. The summed E-state index contributed by atoms with van der Waals surface area (Å²) in [5.41, 5.74) is 2.82. The van der Waals surface area contributed by atoms with E-state index in [-0.39, 0.29) is 12.5 Å². The number of hydrogen-bond acceptors (Lipinski definition) is 4. The highest BCUT2D eigenvalue weighted by atomic mass is 35.5. The van der Waals surface area contributed by atoms with Crippen molar-refractivity contribution in [1.29, 1.82) is 0 Å². The number of nitrogens with zero attached hydrogens (tertiary/aromatic N) is 1. The number of thioether (sulfide) groups is 1. The van der Waals surface area contributed by atoms with Crippen molar-refractivity contribution in [2.45, 2.75) is 25.5 Å². The normalized spacial score (nSPS) is 11.3. The Morgan fingerprint density at radius 2 is 1.69 bits per heavy atom. The molecule has 0 saturated heterocycles. The first-order valence-corrected chi connectivity index (χ1v) is 12.8. The van der Waals surface area contributed by atoms with Crippen LogP contribution in [0.1, 0.15) is 24.5 Å². The molecule has 0 bridgehead atoms. The molecule has 0 aromatic heterocycles. The summed E-state index contributed by atoms with van der Waals surface area (Å²) in [6, 6.07) is 15.0. The van der Waals surface area contributed by atoms with Crippen molar-refractivity contribution >= 4 is 45.0 Å². The average molecular weight is 455 g/mol. The Morgan fingerprint density at radius 3 is 2.28 bits per heavy atom. The third-order valence-corrected chi connectivity index (χ3v) is 6.80. The molecule has 0 radical (unpaired) electrons. The van der Waals surface area contributed by atoms with Gasteiger partial charge in [-0.25, -0.2) is 8.42 Å². The highest BCUT2D eigenvalue weighted by molar-refractivity contribution is 7.98. The standard InChI is InChI=1S/C21H27ClN2O3S2/c1-3-17-7-11-20(12-8-17)24(29(2,26)27)15-21(25)23-13-4-14-28-16-18-5-9-19(22)10-6-18/h5-12H,3-4,13-16H2,1-2H3,(H,23,25). The largest absolute Gasteiger partial charge is 0.354 e. The second kappa shape index (κ2) is 11.5. The van der Waals surface area contributed by atoms with Gasteiger partial charge < -0.3 is 5.32 Å². The van der Waals surface area contributed by atoms with Gasteiger partial charge >= 0.3 is 0 Å². The number of aryl methyl sites for hydroxylation is 1. The molecule has 5 nitrogen and oxygen atoms in total. The van der Waals surface area contributed by atoms with Gasteiger partial charge in [-0.3, -0.25) is 9.10 Å². The van der Waals surface area contributed by atoms with Crippen LogP contribution >= 0.6 is 23.4 Å². The summed E-state index contributed by atoms with van der Waals surface area (Å²) in [5.74, 6) is 1.48. The monoisotopic (exact) mass is 454 g/mol. The first kappa shape index (κ1) is 23.6. The Kier molecular flexibility index (Phi) is 9.33. The average Bonchev–Trinajstić information content (AvgIpc) is 2.69. The zero-order valence-electron chi connectivity index (χ0n) is 16.7. The van der Waals surface area contributed by atoms with Crippen LogP contribution in [-0.4, -0.2) is 39.4 Å². The third-order valence-electron chi connectivity index (χ3n) is 4.29. The third kappa shape index (κ3) is 8.28. The quantitative estimate of drug-likeness (QED) is 0.519. The maximum Gasteiger partial charge on any atom is 0.240 e. The molecule has 0 aliphatic heterocycles. The molecule has 0 spiro atoms. The Hall–Kier alpha value is -1.70. The van der Waals surface area contributed by atoms with Gasteiger partial charge in [-0.1, -0.05) is 42.8 Å². The number of amides is 1. The first-order valence-electron chi connectivity index (χ1n) is 9.45. The van der Waals surface area contributed by atoms with Crippen LogP contribution in [0.5, 0.6) is 0 Å². The highest BCUT2D eigenvalue weighted by Gasteiger charge is 2.20. The van der Waals surface area contributed by atoms with Crippen molar-refractivity contribution in [3.05, 3.63) is 64.7 Å². The lowest BCUT2D eigenvalue weighted by Crippen LogP contribution is -2.40. The van der Waals surface area contributed by atoms with Crippen LogP contribution in [0.2, 0.25) is 5.02 Å². The van der Waals surface area contributed by atoms with Gasteiger partial charge in [0.1, 0.15) is 6.54 Å². The molecule has 0 heterocycles. The maximum atomic E-state index is 12.2. The molecule has 0 unspecified atom stereocenters. The molecule has 29 heavy (non-hydrogen) atoms. The van der Waals surface area contributed by atoms with Crippen LogP contribution in [0.4, 0.5) is 5.69 Å². The van der Waals surface area contributed by atoms with Gasteiger partial charge in [0.2, 0.25) is 15.9 Å². The molecule has 8 heteroatoms. The molecule has 158 valence electrons. The zero-order chi connectivity index (χ0) is 21.3. The SMILES string of the molecule is CCc1ccc(N(CC(=O)NCCCSCc2ccc(Cl)cc2)S(C)(=O)=O)cc1. The summed E-state index contributed by atoms with van der Waals surface area (Å²) >= 11 is 7.65. The second-order valence-corrected chi connectivity index (χ2v) is 10.1. The molecule has 1 amide bonds. The van der Waals surface area contributed by atoms with E-state index in [0.717, 1.165) is 45.5 Å². The van der Waals surface area contributed by atoms with Gasteiger partial charge in [-0.2, -0.15) is 11.8 Å². The number of hydrogen-bond donors (Lipinski definition) is 1. The van der Waals surface area contributed by atoms with E-state index in [0.29, 0.717) is 12.2 Å². The summed E-state index contributed by atoms with van der Waals surface area (Å²) < 4.78 is 25.4. The van der Waals surface area contributed by atoms with E-state index in [1.54, 1.807) is 23.9 Å². The topological polar surface area (TPSA) is 66.5 Å². The van der Waals surface area contributed by atoms with Crippen LogP contribution in [0, 0.1) is 0 Å². The van der Waals surface area contributed by atoms with Crippen molar-refractivity contribution in [1.82, 2.24) is 5.32 Å². The number of nitrogens with one attached hydrogen (secondary N) is 1. The Balaban J connectivity index is 1.75. The van der Waals surface area contributed by atoms with Crippen LogP contribution in [0.25, 0.3) is 0 Å². The number of rotatable bonds is 11. The van der Waals surface area contributed by atoms with E-state index >= 15 is 0 Å². The molecular formula is C21H27ClN2O3S2. The van der Waals surface area contributed by atoms with Crippen molar-refractivity contribution in [3.63, 3.8) is 0 Å². The summed E-state index contributed by atoms with van der Waals surface area (Å²) in [5, 5.41) is 3.54. The molecule has 0 fully saturated rings. The van der Waals surface area contributed by atoms with Gasteiger partial charge in [-0.15, -0.1) is 0 Å². The fourth-order valence-electron chi connectivity index (χ4n) is 2.66. The lowest BCUT2D eigenvalue weighted by molar-refractivity contribution is -0.119. The van der Waals surface area contributed by atoms with Crippen molar-refractivity contribution < 1.29 is 13.2 Å². The summed E-state index contributed by atoms with van der Waals surface area (Å²) in [4.78, 5) is 12.2. The minimum Gasteiger partial charge on any atom is -0.354 e. The molecule has 0 aliphatic rings. The van der Waals surface area contributed by atoms with Gasteiger partial charge in [0, 0.05) is 17.3 Å². The number of carbonyl (C=O) groups is 1. The smallest absolute Gasteiger partial charge is 0.240 e. The van der Waals surface area contributed by atoms with Crippen LogP contribution in [0.15, 0.2) is 48.5 Å². The van der Waals surface area contributed by atoms with E-state index < -0.39 is 10.0 Å². The fourth-order valence-corrected chi connectivity index (χ4v) is 4.56. The Morgan fingerprint density at radius 1 is 1.07 bits per heavy atom. The molecule has 0 atom stereocenters. The summed E-state index contributed by atoms with van der Waals surface area (Å²) in [6.45, 7) is 2.32. The van der Waals surface area contributed by atoms with E-state index in [1.165, 1.54) is 5.56 Å².